The molecule has 0 aliphatic heterocycles. The van der Waals surface area contributed by atoms with E-state index in [1.54, 1.807) is 0 Å². The molecule has 0 fully saturated rings. The fourth-order valence-corrected chi connectivity index (χ4v) is 9.26. The van der Waals surface area contributed by atoms with Crippen LogP contribution in [0.25, 0.3) is 70.9 Å². The van der Waals surface area contributed by atoms with Crippen molar-refractivity contribution < 1.29 is 0 Å². The van der Waals surface area contributed by atoms with Crippen molar-refractivity contribution in [3.05, 3.63) is 193 Å². The van der Waals surface area contributed by atoms with Crippen molar-refractivity contribution in [2.75, 3.05) is 4.90 Å². The lowest BCUT2D eigenvalue weighted by Gasteiger charge is -2.28. The third-order valence-corrected chi connectivity index (χ3v) is 11.8. The highest BCUT2D eigenvalue weighted by atomic mass is 15.1. The summed E-state index contributed by atoms with van der Waals surface area (Å²) < 4.78 is 2.39. The second kappa shape index (κ2) is 11.2. The van der Waals surface area contributed by atoms with E-state index in [2.05, 4.69) is 205 Å². The predicted molar refractivity (Wildman–Crippen MR) is 226 cm³/mol. The van der Waals surface area contributed by atoms with Crippen LogP contribution in [0.4, 0.5) is 17.1 Å². The maximum absolute atomic E-state index is 2.48. The number of anilines is 3. The zero-order chi connectivity index (χ0) is 35.3. The fourth-order valence-electron chi connectivity index (χ4n) is 9.26. The minimum Gasteiger partial charge on any atom is -0.310 e. The van der Waals surface area contributed by atoms with Crippen molar-refractivity contribution in [2.45, 2.75) is 19.3 Å². The lowest BCUT2D eigenvalue weighted by Crippen LogP contribution is -2.15. The molecule has 0 unspecified atom stereocenters. The first-order valence-electron chi connectivity index (χ1n) is 18.5. The Kier molecular flexibility index (Phi) is 6.33. The molecule has 0 bridgehead atoms. The molecule has 53 heavy (non-hydrogen) atoms. The van der Waals surface area contributed by atoms with Gasteiger partial charge in [0.15, 0.2) is 0 Å². The SMILES string of the molecule is CC1(C)c2ccccc2-c2cc(N(c3ccc4c(c3)c3ccccc3n4-c3ccccc3)c3cccc4c3ccc3c5ccccc5ccc43)ccc21. The molecule has 0 N–H and O–H groups in total. The molecule has 0 radical (unpaired) electrons. The Balaban J connectivity index is 1.19. The first-order valence-corrected chi connectivity index (χ1v) is 18.5. The number of aromatic nitrogens is 1. The van der Waals surface area contributed by atoms with Gasteiger partial charge in [-0.25, -0.2) is 0 Å². The van der Waals surface area contributed by atoms with E-state index in [-0.39, 0.29) is 5.41 Å². The van der Waals surface area contributed by atoms with E-state index in [1.807, 2.05) is 0 Å². The van der Waals surface area contributed by atoms with Crippen molar-refractivity contribution in [1.29, 1.82) is 0 Å². The summed E-state index contributed by atoms with van der Waals surface area (Å²) in [6.45, 7) is 4.70. The first-order chi connectivity index (χ1) is 26.1. The first kappa shape index (κ1) is 30.0. The predicted octanol–water partition coefficient (Wildman–Crippen LogP) is 14.0. The van der Waals surface area contributed by atoms with Gasteiger partial charge in [0.25, 0.3) is 0 Å². The molecule has 11 rings (SSSR count). The number of hydrogen-bond acceptors (Lipinski definition) is 1. The Labute approximate surface area is 308 Å². The second-order valence-electron chi connectivity index (χ2n) is 14.9. The number of hydrogen-bond donors (Lipinski definition) is 0. The van der Waals surface area contributed by atoms with Gasteiger partial charge in [-0.2, -0.15) is 0 Å². The molecule has 10 aromatic rings. The third kappa shape index (κ3) is 4.33. The van der Waals surface area contributed by atoms with E-state index < -0.39 is 0 Å². The van der Waals surface area contributed by atoms with Gasteiger partial charge < -0.3 is 9.47 Å². The van der Waals surface area contributed by atoms with Crippen LogP contribution in [0.3, 0.4) is 0 Å². The highest BCUT2D eigenvalue weighted by molar-refractivity contribution is 6.20. The molecule has 0 saturated heterocycles. The summed E-state index contributed by atoms with van der Waals surface area (Å²) in [4.78, 5) is 2.48. The largest absolute Gasteiger partial charge is 0.310 e. The Morgan fingerprint density at radius 1 is 0.396 bits per heavy atom. The van der Waals surface area contributed by atoms with Crippen LogP contribution in [-0.2, 0) is 5.41 Å². The molecule has 1 aromatic heterocycles. The summed E-state index contributed by atoms with van der Waals surface area (Å²) in [5.74, 6) is 0. The topological polar surface area (TPSA) is 8.17 Å². The van der Waals surface area contributed by atoms with Crippen molar-refractivity contribution in [3.8, 4) is 16.8 Å². The summed E-state index contributed by atoms with van der Waals surface area (Å²) >= 11 is 0. The smallest absolute Gasteiger partial charge is 0.0542 e. The molecule has 250 valence electrons. The van der Waals surface area contributed by atoms with E-state index in [1.165, 1.54) is 76.4 Å². The maximum atomic E-state index is 2.48. The summed E-state index contributed by atoms with van der Waals surface area (Å²) in [5, 5.41) is 10.1. The van der Waals surface area contributed by atoms with E-state index in [4.69, 9.17) is 0 Å². The van der Waals surface area contributed by atoms with E-state index >= 15 is 0 Å². The average molecular weight is 677 g/mol. The van der Waals surface area contributed by atoms with Gasteiger partial charge in [-0.05, 0) is 104 Å². The molecule has 1 heterocycles. The summed E-state index contributed by atoms with van der Waals surface area (Å²) in [5.41, 5.74) is 12.3. The van der Waals surface area contributed by atoms with Crippen LogP contribution in [0, 0.1) is 0 Å². The van der Waals surface area contributed by atoms with Gasteiger partial charge in [0.1, 0.15) is 0 Å². The molecule has 0 spiro atoms. The van der Waals surface area contributed by atoms with Crippen LogP contribution >= 0.6 is 0 Å². The van der Waals surface area contributed by atoms with Crippen molar-refractivity contribution in [2.24, 2.45) is 0 Å². The second-order valence-corrected chi connectivity index (χ2v) is 14.9. The number of nitrogens with zero attached hydrogens (tertiary/aromatic N) is 2. The lowest BCUT2D eigenvalue weighted by molar-refractivity contribution is 0.660. The summed E-state index contributed by atoms with van der Waals surface area (Å²) in [6, 6.07) is 67.3. The van der Waals surface area contributed by atoms with Crippen molar-refractivity contribution in [1.82, 2.24) is 4.57 Å². The minimum absolute atomic E-state index is 0.0609. The highest BCUT2D eigenvalue weighted by Gasteiger charge is 2.35. The van der Waals surface area contributed by atoms with Gasteiger partial charge >= 0.3 is 0 Å². The molecule has 1 aliphatic rings. The number of rotatable bonds is 4. The number of fused-ring (bicyclic) bond motifs is 11. The normalized spacial score (nSPS) is 13.2. The molecule has 1 aliphatic carbocycles. The Hall–Kier alpha value is -6.64. The third-order valence-electron chi connectivity index (χ3n) is 11.8. The zero-order valence-electron chi connectivity index (χ0n) is 29.7. The quantitative estimate of drug-likeness (QED) is 0.168. The minimum atomic E-state index is -0.0609. The highest BCUT2D eigenvalue weighted by Crippen LogP contribution is 2.51. The van der Waals surface area contributed by atoms with Gasteiger partial charge in [-0.3, -0.25) is 0 Å². The van der Waals surface area contributed by atoms with E-state index in [0.29, 0.717) is 0 Å². The van der Waals surface area contributed by atoms with Gasteiger partial charge in [-0.1, -0.05) is 141 Å². The Bertz CT molecular complexity index is 3090. The van der Waals surface area contributed by atoms with Crippen LogP contribution in [0.1, 0.15) is 25.0 Å². The van der Waals surface area contributed by atoms with Gasteiger partial charge in [0.2, 0.25) is 0 Å². The molecule has 0 atom stereocenters. The Morgan fingerprint density at radius 3 is 1.92 bits per heavy atom. The van der Waals surface area contributed by atoms with Gasteiger partial charge in [-0.15, -0.1) is 0 Å². The van der Waals surface area contributed by atoms with Crippen molar-refractivity contribution >= 4 is 71.2 Å². The van der Waals surface area contributed by atoms with E-state index in [0.717, 1.165) is 22.7 Å². The summed E-state index contributed by atoms with van der Waals surface area (Å²) in [7, 11) is 0. The molecular weight excluding hydrogens is 641 g/mol. The maximum Gasteiger partial charge on any atom is 0.0542 e. The number of benzene rings is 9. The van der Waals surface area contributed by atoms with Crippen LogP contribution in [0.15, 0.2) is 182 Å². The molecule has 2 nitrogen and oxygen atoms in total. The standard InChI is InChI=1S/C51H36N2/c1-51(2)46-20-10-8-17-41(46)44-31-35(24-29-47(44)51)52(48-22-12-19-38-40-26-23-33-13-6-7-16-37(33)39(40)27-28-43(38)48)36-25-30-50-45(32-36)42-18-9-11-21-49(42)53(50)34-14-4-3-5-15-34/h3-32H,1-2H3. The lowest BCUT2D eigenvalue weighted by atomic mass is 9.82. The zero-order valence-corrected chi connectivity index (χ0v) is 29.7. The molecule has 0 saturated carbocycles. The van der Waals surface area contributed by atoms with Gasteiger partial charge in [0.05, 0.1) is 16.7 Å². The van der Waals surface area contributed by atoms with Crippen LogP contribution in [0.2, 0.25) is 0 Å². The van der Waals surface area contributed by atoms with Gasteiger partial charge in [0, 0.05) is 38.6 Å². The fraction of sp³-hybridized carbons (Fsp3) is 0.0588. The van der Waals surface area contributed by atoms with Crippen LogP contribution < -0.4 is 4.90 Å². The molecule has 9 aromatic carbocycles. The molecule has 2 heteroatoms. The average Bonchev–Trinajstić information content (AvgIpc) is 3.66. The molecular formula is C51H36N2. The summed E-state index contributed by atoms with van der Waals surface area (Å²) in [6.07, 6.45) is 0. The van der Waals surface area contributed by atoms with Crippen LogP contribution in [-0.4, -0.2) is 4.57 Å². The van der Waals surface area contributed by atoms with Crippen LogP contribution in [0.5, 0.6) is 0 Å². The molecule has 0 amide bonds. The number of para-hydroxylation sites is 2. The monoisotopic (exact) mass is 676 g/mol. The Morgan fingerprint density at radius 2 is 1.02 bits per heavy atom. The van der Waals surface area contributed by atoms with Crippen molar-refractivity contribution in [3.63, 3.8) is 0 Å². The van der Waals surface area contributed by atoms with E-state index in [9.17, 15) is 0 Å².